The van der Waals surface area contributed by atoms with Gasteiger partial charge in [-0.15, -0.1) is 0 Å². The molecule has 21 heavy (non-hydrogen) atoms. The second-order valence-corrected chi connectivity index (χ2v) is 4.48. The molecule has 1 heterocycles. The first-order valence-electron chi connectivity index (χ1n) is 6.49. The van der Waals surface area contributed by atoms with Crippen molar-refractivity contribution in [1.82, 2.24) is 5.16 Å². The largest absolute Gasteiger partial charge is 0.487 e. The lowest BCUT2D eigenvalue weighted by Crippen LogP contribution is -1.95. The lowest BCUT2D eigenvalue weighted by molar-refractivity contribution is 0.290. The van der Waals surface area contributed by atoms with E-state index in [1.807, 2.05) is 36.4 Å². The molecule has 3 rings (SSSR count). The van der Waals surface area contributed by atoms with Crippen LogP contribution < -0.4 is 4.74 Å². The minimum atomic E-state index is 0.297. The lowest BCUT2D eigenvalue weighted by Gasteiger charge is -2.03. The summed E-state index contributed by atoms with van der Waals surface area (Å²) in [5, 5.41) is 12.8. The lowest BCUT2D eigenvalue weighted by atomic mass is 10.2. The average molecular weight is 276 g/mol. The van der Waals surface area contributed by atoms with Gasteiger partial charge in [0.25, 0.3) is 0 Å². The molecule has 3 aromatic rings. The highest BCUT2D eigenvalue weighted by atomic mass is 16.5. The van der Waals surface area contributed by atoms with Crippen molar-refractivity contribution in [1.29, 1.82) is 5.26 Å². The van der Waals surface area contributed by atoms with Gasteiger partial charge >= 0.3 is 0 Å². The second-order valence-electron chi connectivity index (χ2n) is 4.48. The molecule has 0 atom stereocenters. The molecule has 0 amide bonds. The van der Waals surface area contributed by atoms with E-state index in [9.17, 15) is 0 Å². The fraction of sp³-hybridized carbons (Fsp3) is 0.0588. The number of nitrogens with zero attached hydrogens (tertiary/aromatic N) is 2. The van der Waals surface area contributed by atoms with Gasteiger partial charge in [-0.25, -0.2) is 0 Å². The van der Waals surface area contributed by atoms with Crippen LogP contribution in [-0.2, 0) is 6.61 Å². The molecule has 0 aliphatic rings. The molecule has 0 spiro atoms. The van der Waals surface area contributed by atoms with Crippen LogP contribution >= 0.6 is 0 Å². The van der Waals surface area contributed by atoms with Crippen molar-refractivity contribution in [3.63, 3.8) is 0 Å². The monoisotopic (exact) mass is 276 g/mol. The van der Waals surface area contributed by atoms with Crippen LogP contribution in [0.5, 0.6) is 5.75 Å². The van der Waals surface area contributed by atoms with Gasteiger partial charge in [-0.1, -0.05) is 41.6 Å². The van der Waals surface area contributed by atoms with Crippen LogP contribution in [0.1, 0.15) is 11.3 Å². The van der Waals surface area contributed by atoms with Crippen LogP contribution in [0.3, 0.4) is 0 Å². The molecule has 102 valence electrons. The molecule has 0 unspecified atom stereocenters. The van der Waals surface area contributed by atoms with E-state index in [0.717, 1.165) is 5.56 Å². The highest BCUT2D eigenvalue weighted by Crippen LogP contribution is 2.21. The maximum atomic E-state index is 8.84. The molecule has 0 bridgehead atoms. The zero-order valence-corrected chi connectivity index (χ0v) is 11.2. The number of ether oxygens (including phenoxy) is 1. The third-order valence-electron chi connectivity index (χ3n) is 2.97. The van der Waals surface area contributed by atoms with Crippen LogP contribution in [0.15, 0.2) is 65.2 Å². The van der Waals surface area contributed by atoms with Crippen molar-refractivity contribution in [3.05, 3.63) is 71.9 Å². The molecule has 0 aliphatic carbocycles. The molecule has 4 nitrogen and oxygen atoms in total. The van der Waals surface area contributed by atoms with Crippen molar-refractivity contribution in [2.45, 2.75) is 6.61 Å². The summed E-state index contributed by atoms with van der Waals surface area (Å²) in [4.78, 5) is 0. The SMILES string of the molecule is N#Cc1cccc(OCc2cc(-c3ccccc3)on2)c1. The molecule has 0 saturated heterocycles. The summed E-state index contributed by atoms with van der Waals surface area (Å²) in [6, 6.07) is 20.7. The summed E-state index contributed by atoms with van der Waals surface area (Å²) < 4.78 is 10.9. The van der Waals surface area contributed by atoms with Gasteiger partial charge in [0.1, 0.15) is 18.1 Å². The molecule has 1 aromatic heterocycles. The molecule has 0 N–H and O–H groups in total. The molecule has 0 aliphatic heterocycles. The van der Waals surface area contributed by atoms with Crippen LogP contribution in [-0.4, -0.2) is 5.16 Å². The minimum Gasteiger partial charge on any atom is -0.487 e. The molecule has 0 fully saturated rings. The average Bonchev–Trinajstić information content (AvgIpc) is 3.03. The fourth-order valence-corrected chi connectivity index (χ4v) is 1.93. The Morgan fingerprint density at radius 3 is 2.71 bits per heavy atom. The number of nitriles is 1. The van der Waals surface area contributed by atoms with Crippen molar-refractivity contribution < 1.29 is 9.26 Å². The Labute approximate surface area is 122 Å². The van der Waals surface area contributed by atoms with Crippen molar-refractivity contribution in [2.75, 3.05) is 0 Å². The topological polar surface area (TPSA) is 59.0 Å². The van der Waals surface area contributed by atoms with E-state index in [-0.39, 0.29) is 0 Å². The maximum Gasteiger partial charge on any atom is 0.167 e. The smallest absolute Gasteiger partial charge is 0.167 e. The summed E-state index contributed by atoms with van der Waals surface area (Å²) in [6.07, 6.45) is 0. The first kappa shape index (κ1) is 12.9. The van der Waals surface area contributed by atoms with Gasteiger partial charge < -0.3 is 9.26 Å². The van der Waals surface area contributed by atoms with Crippen LogP contribution in [0, 0.1) is 11.3 Å². The number of aromatic nitrogens is 1. The Bertz CT molecular complexity index is 773. The van der Waals surface area contributed by atoms with Gasteiger partial charge in [0, 0.05) is 11.6 Å². The van der Waals surface area contributed by atoms with Gasteiger partial charge in [-0.3, -0.25) is 0 Å². The quantitative estimate of drug-likeness (QED) is 0.727. The molecule has 0 radical (unpaired) electrons. The van der Waals surface area contributed by atoms with Gasteiger partial charge in [0.15, 0.2) is 5.76 Å². The Kier molecular flexibility index (Phi) is 3.66. The van der Waals surface area contributed by atoms with E-state index in [2.05, 4.69) is 11.2 Å². The highest BCUT2D eigenvalue weighted by Gasteiger charge is 2.07. The number of benzene rings is 2. The minimum absolute atomic E-state index is 0.297. The van der Waals surface area contributed by atoms with Crippen molar-refractivity contribution in [2.24, 2.45) is 0 Å². The van der Waals surface area contributed by atoms with E-state index in [1.54, 1.807) is 24.3 Å². The Hall–Kier alpha value is -3.06. The third-order valence-corrected chi connectivity index (χ3v) is 2.97. The Morgan fingerprint density at radius 2 is 1.90 bits per heavy atom. The predicted molar refractivity (Wildman–Crippen MR) is 77.4 cm³/mol. The summed E-state index contributed by atoms with van der Waals surface area (Å²) >= 11 is 0. The van der Waals surface area contributed by atoms with E-state index in [4.69, 9.17) is 14.5 Å². The highest BCUT2D eigenvalue weighted by molar-refractivity contribution is 5.56. The van der Waals surface area contributed by atoms with Gasteiger partial charge in [0.05, 0.1) is 11.6 Å². The summed E-state index contributed by atoms with van der Waals surface area (Å²) in [5.41, 5.74) is 2.25. The number of rotatable bonds is 4. The Morgan fingerprint density at radius 1 is 1.05 bits per heavy atom. The molecule has 0 saturated carbocycles. The van der Waals surface area contributed by atoms with E-state index < -0.39 is 0 Å². The first-order valence-corrected chi connectivity index (χ1v) is 6.49. The fourth-order valence-electron chi connectivity index (χ4n) is 1.93. The molecular formula is C17H12N2O2. The van der Waals surface area contributed by atoms with Crippen LogP contribution in [0.2, 0.25) is 0 Å². The summed E-state index contributed by atoms with van der Waals surface area (Å²) in [6.45, 7) is 0.297. The van der Waals surface area contributed by atoms with Crippen molar-refractivity contribution >= 4 is 0 Å². The van der Waals surface area contributed by atoms with Crippen LogP contribution in [0.25, 0.3) is 11.3 Å². The summed E-state index contributed by atoms with van der Waals surface area (Å²) in [7, 11) is 0. The van der Waals surface area contributed by atoms with Gasteiger partial charge in [0.2, 0.25) is 0 Å². The number of hydrogen-bond acceptors (Lipinski definition) is 4. The zero-order chi connectivity index (χ0) is 14.5. The normalized spacial score (nSPS) is 10.0. The van der Waals surface area contributed by atoms with Gasteiger partial charge in [-0.2, -0.15) is 5.26 Å². The van der Waals surface area contributed by atoms with Gasteiger partial charge in [-0.05, 0) is 18.2 Å². The second kappa shape index (κ2) is 5.93. The summed E-state index contributed by atoms with van der Waals surface area (Å²) in [5.74, 6) is 1.35. The first-order chi connectivity index (χ1) is 10.3. The van der Waals surface area contributed by atoms with E-state index in [0.29, 0.717) is 29.4 Å². The van der Waals surface area contributed by atoms with E-state index in [1.165, 1.54) is 0 Å². The standard InChI is InChI=1S/C17H12N2O2/c18-11-13-5-4-8-16(9-13)20-12-15-10-17(21-19-15)14-6-2-1-3-7-14/h1-10H,12H2. The van der Waals surface area contributed by atoms with E-state index >= 15 is 0 Å². The number of hydrogen-bond donors (Lipinski definition) is 0. The molecule has 4 heteroatoms. The predicted octanol–water partition coefficient (Wildman–Crippen LogP) is 3.79. The third kappa shape index (κ3) is 3.10. The maximum absolute atomic E-state index is 8.84. The zero-order valence-electron chi connectivity index (χ0n) is 11.2. The van der Waals surface area contributed by atoms with Crippen LogP contribution in [0.4, 0.5) is 0 Å². The Balaban J connectivity index is 1.69. The van der Waals surface area contributed by atoms with Crippen molar-refractivity contribution in [3.8, 4) is 23.1 Å². The molecular weight excluding hydrogens is 264 g/mol. The molecule has 2 aromatic carbocycles.